The van der Waals surface area contributed by atoms with Crippen LogP contribution in [0.5, 0.6) is 0 Å². The zero-order valence-electron chi connectivity index (χ0n) is 15.8. The zero-order valence-corrected chi connectivity index (χ0v) is 17.4. The van der Waals surface area contributed by atoms with Gasteiger partial charge >= 0.3 is 5.97 Å². The first-order chi connectivity index (χ1) is 14.1. The van der Waals surface area contributed by atoms with E-state index in [4.69, 9.17) is 4.42 Å². The van der Waals surface area contributed by atoms with Crippen LogP contribution >= 0.6 is 15.9 Å². The SMILES string of the molecule is CCCCc1nnnn1Cc1ccc2oc(-c3ccccc3C(=O)O)c(Br)c2c1. The summed E-state index contributed by atoms with van der Waals surface area (Å²) < 4.78 is 8.52. The standard InChI is InChI=1S/C21H19BrN4O3/c1-2-3-8-18-23-24-25-26(18)12-13-9-10-17-16(11-13)19(22)20(29-17)14-6-4-5-7-15(14)21(27)28/h4-7,9-11H,2-3,8,12H2,1H3,(H,27,28). The van der Waals surface area contributed by atoms with Gasteiger partial charge in [0, 0.05) is 17.4 Å². The first-order valence-corrected chi connectivity index (χ1v) is 10.2. The maximum Gasteiger partial charge on any atom is 0.336 e. The molecule has 0 saturated carbocycles. The Balaban J connectivity index is 1.71. The predicted octanol–water partition coefficient (Wildman–Crippen LogP) is 4.94. The zero-order chi connectivity index (χ0) is 20.4. The van der Waals surface area contributed by atoms with Crippen LogP contribution in [0.15, 0.2) is 51.4 Å². The molecule has 0 saturated heterocycles. The van der Waals surface area contributed by atoms with Crippen molar-refractivity contribution in [1.29, 1.82) is 0 Å². The van der Waals surface area contributed by atoms with Crippen LogP contribution in [0.25, 0.3) is 22.3 Å². The highest BCUT2D eigenvalue weighted by Crippen LogP contribution is 2.39. The molecule has 0 amide bonds. The average Bonchev–Trinajstić information content (AvgIpc) is 3.30. The minimum atomic E-state index is -0.994. The molecule has 148 valence electrons. The van der Waals surface area contributed by atoms with Gasteiger partial charge in [0.15, 0.2) is 5.82 Å². The van der Waals surface area contributed by atoms with Crippen LogP contribution in [0.2, 0.25) is 0 Å². The minimum Gasteiger partial charge on any atom is -0.478 e. The van der Waals surface area contributed by atoms with Gasteiger partial charge in [0.25, 0.3) is 0 Å². The highest BCUT2D eigenvalue weighted by atomic mass is 79.9. The number of carbonyl (C=O) groups is 1. The molecule has 0 fully saturated rings. The summed E-state index contributed by atoms with van der Waals surface area (Å²) in [6.45, 7) is 2.69. The maximum absolute atomic E-state index is 11.6. The third kappa shape index (κ3) is 3.80. The third-order valence-corrected chi connectivity index (χ3v) is 5.57. The van der Waals surface area contributed by atoms with Gasteiger partial charge in [-0.15, -0.1) is 5.10 Å². The molecule has 0 atom stereocenters. The Kier molecular flexibility index (Phi) is 5.44. The minimum absolute atomic E-state index is 0.196. The Labute approximate surface area is 175 Å². The molecule has 29 heavy (non-hydrogen) atoms. The molecule has 0 aliphatic heterocycles. The van der Waals surface area contributed by atoms with Crippen molar-refractivity contribution in [1.82, 2.24) is 20.2 Å². The average molecular weight is 455 g/mol. The third-order valence-electron chi connectivity index (χ3n) is 4.79. The van der Waals surface area contributed by atoms with Crippen molar-refractivity contribution in [3.05, 3.63) is 63.9 Å². The summed E-state index contributed by atoms with van der Waals surface area (Å²) in [6.07, 6.45) is 2.97. The Bertz CT molecular complexity index is 1180. The molecule has 8 heteroatoms. The fraction of sp³-hybridized carbons (Fsp3) is 0.238. The fourth-order valence-corrected chi connectivity index (χ4v) is 3.89. The van der Waals surface area contributed by atoms with Crippen LogP contribution < -0.4 is 0 Å². The number of unbranched alkanes of at least 4 members (excludes halogenated alkanes) is 1. The Morgan fingerprint density at radius 1 is 1.24 bits per heavy atom. The number of fused-ring (bicyclic) bond motifs is 1. The van der Waals surface area contributed by atoms with E-state index in [1.165, 1.54) is 0 Å². The molecule has 2 aromatic heterocycles. The number of carboxylic acids is 1. The summed E-state index contributed by atoms with van der Waals surface area (Å²) in [7, 11) is 0. The Morgan fingerprint density at radius 3 is 2.86 bits per heavy atom. The Hall–Kier alpha value is -3.00. The van der Waals surface area contributed by atoms with Gasteiger partial charge in [-0.3, -0.25) is 0 Å². The second-order valence-electron chi connectivity index (χ2n) is 6.78. The number of nitrogens with zero attached hydrogens (tertiary/aromatic N) is 4. The number of hydrogen-bond donors (Lipinski definition) is 1. The van der Waals surface area contributed by atoms with Gasteiger partial charge in [-0.1, -0.05) is 37.6 Å². The highest BCUT2D eigenvalue weighted by molar-refractivity contribution is 9.10. The lowest BCUT2D eigenvalue weighted by Gasteiger charge is -2.04. The van der Waals surface area contributed by atoms with Crippen LogP contribution in [0, 0.1) is 0 Å². The molecule has 1 N–H and O–H groups in total. The molecule has 0 aliphatic rings. The molecular formula is C21H19BrN4O3. The van der Waals surface area contributed by atoms with E-state index in [2.05, 4.69) is 38.4 Å². The second kappa shape index (κ2) is 8.16. The smallest absolute Gasteiger partial charge is 0.336 e. The number of carboxylic acid groups (broad SMARTS) is 1. The molecule has 0 unspecified atom stereocenters. The van der Waals surface area contributed by atoms with E-state index in [-0.39, 0.29) is 5.56 Å². The normalized spacial score (nSPS) is 11.2. The van der Waals surface area contributed by atoms with E-state index >= 15 is 0 Å². The molecular weight excluding hydrogens is 436 g/mol. The van der Waals surface area contributed by atoms with E-state index in [9.17, 15) is 9.90 Å². The number of rotatable bonds is 7. The molecule has 7 nitrogen and oxygen atoms in total. The van der Waals surface area contributed by atoms with E-state index in [0.29, 0.717) is 23.5 Å². The number of halogens is 1. The van der Waals surface area contributed by atoms with Crippen molar-refractivity contribution in [2.75, 3.05) is 0 Å². The van der Waals surface area contributed by atoms with Crippen LogP contribution in [-0.4, -0.2) is 31.3 Å². The van der Waals surface area contributed by atoms with Gasteiger partial charge in [0.1, 0.15) is 11.3 Å². The summed E-state index contributed by atoms with van der Waals surface area (Å²) in [5.41, 5.74) is 2.44. The number of tetrazole rings is 1. The van der Waals surface area contributed by atoms with E-state index in [0.717, 1.165) is 40.5 Å². The fourth-order valence-electron chi connectivity index (χ4n) is 3.29. The van der Waals surface area contributed by atoms with Crippen molar-refractivity contribution < 1.29 is 14.3 Å². The van der Waals surface area contributed by atoms with Crippen molar-refractivity contribution >= 4 is 32.9 Å². The van der Waals surface area contributed by atoms with Gasteiger partial charge in [-0.2, -0.15) is 0 Å². The number of aromatic carboxylic acids is 1. The molecule has 4 aromatic rings. The van der Waals surface area contributed by atoms with Gasteiger partial charge < -0.3 is 9.52 Å². The summed E-state index contributed by atoms with van der Waals surface area (Å²) >= 11 is 3.60. The first-order valence-electron chi connectivity index (χ1n) is 9.37. The van der Waals surface area contributed by atoms with E-state index in [1.807, 2.05) is 22.9 Å². The lowest BCUT2D eigenvalue weighted by Crippen LogP contribution is -2.07. The van der Waals surface area contributed by atoms with Crippen molar-refractivity contribution in [2.24, 2.45) is 0 Å². The van der Waals surface area contributed by atoms with Crippen molar-refractivity contribution in [3.8, 4) is 11.3 Å². The number of benzene rings is 2. The lowest BCUT2D eigenvalue weighted by atomic mass is 10.0. The Morgan fingerprint density at radius 2 is 2.07 bits per heavy atom. The van der Waals surface area contributed by atoms with Crippen LogP contribution in [-0.2, 0) is 13.0 Å². The second-order valence-corrected chi connectivity index (χ2v) is 7.58. The number of hydrogen-bond acceptors (Lipinski definition) is 5. The summed E-state index contributed by atoms with van der Waals surface area (Å²) in [6, 6.07) is 12.7. The van der Waals surface area contributed by atoms with Gasteiger partial charge in [0.05, 0.1) is 16.6 Å². The topological polar surface area (TPSA) is 94.0 Å². The number of furan rings is 1. The van der Waals surface area contributed by atoms with Crippen LogP contribution in [0.3, 0.4) is 0 Å². The molecule has 0 aliphatic carbocycles. The molecule has 2 aromatic carbocycles. The van der Waals surface area contributed by atoms with Gasteiger partial charge in [-0.25, -0.2) is 9.48 Å². The highest BCUT2D eigenvalue weighted by Gasteiger charge is 2.19. The first kappa shape index (κ1) is 19.3. The van der Waals surface area contributed by atoms with Crippen molar-refractivity contribution in [3.63, 3.8) is 0 Å². The summed E-state index contributed by atoms with van der Waals surface area (Å²) in [5.74, 6) is 0.377. The molecule has 0 bridgehead atoms. The lowest BCUT2D eigenvalue weighted by molar-refractivity contribution is 0.0697. The van der Waals surface area contributed by atoms with E-state index in [1.54, 1.807) is 24.3 Å². The quantitative estimate of drug-likeness (QED) is 0.424. The molecule has 0 radical (unpaired) electrons. The predicted molar refractivity (Wildman–Crippen MR) is 112 cm³/mol. The molecule has 4 rings (SSSR count). The summed E-state index contributed by atoms with van der Waals surface area (Å²) in [5, 5.41) is 22.4. The summed E-state index contributed by atoms with van der Waals surface area (Å²) in [4.78, 5) is 11.6. The molecule has 0 spiro atoms. The monoisotopic (exact) mass is 454 g/mol. The van der Waals surface area contributed by atoms with Crippen LogP contribution in [0.1, 0.15) is 41.5 Å². The van der Waals surface area contributed by atoms with E-state index < -0.39 is 5.97 Å². The largest absolute Gasteiger partial charge is 0.478 e. The van der Waals surface area contributed by atoms with Gasteiger partial charge in [-0.05, 0) is 56.5 Å². The van der Waals surface area contributed by atoms with Crippen molar-refractivity contribution in [2.45, 2.75) is 32.7 Å². The molecule has 2 heterocycles. The maximum atomic E-state index is 11.6. The van der Waals surface area contributed by atoms with Gasteiger partial charge in [0.2, 0.25) is 0 Å². The number of aryl methyl sites for hydroxylation is 1. The number of aromatic nitrogens is 4. The van der Waals surface area contributed by atoms with Crippen LogP contribution in [0.4, 0.5) is 0 Å².